The van der Waals surface area contributed by atoms with E-state index < -0.39 is 15.5 Å². The minimum Gasteiger partial charge on any atom is -0.357 e. The van der Waals surface area contributed by atoms with Crippen LogP contribution in [-0.2, 0) is 15.5 Å². The number of H-pyrrole nitrogens is 1. The van der Waals surface area contributed by atoms with Gasteiger partial charge < -0.3 is 4.98 Å². The Balaban J connectivity index is 2.28. The van der Waals surface area contributed by atoms with Crippen LogP contribution >= 0.6 is 0 Å². The molecule has 23 heavy (non-hydrogen) atoms. The van der Waals surface area contributed by atoms with Gasteiger partial charge in [-0.1, -0.05) is 48.5 Å². The van der Waals surface area contributed by atoms with Crippen molar-refractivity contribution in [2.75, 3.05) is 5.75 Å². The summed E-state index contributed by atoms with van der Waals surface area (Å²) in [5.74, 6) is -0.377. The molecular formula is C18H19NO3S. The van der Waals surface area contributed by atoms with Gasteiger partial charge in [0.1, 0.15) is 0 Å². The van der Waals surface area contributed by atoms with Gasteiger partial charge >= 0.3 is 0 Å². The third-order valence-corrected chi connectivity index (χ3v) is 5.34. The molecule has 2 N–H and O–H groups in total. The van der Waals surface area contributed by atoms with Gasteiger partial charge in [0.2, 0.25) is 0 Å². The number of aryl methyl sites for hydroxylation is 1. The van der Waals surface area contributed by atoms with E-state index in [1.165, 1.54) is 0 Å². The topological polar surface area (TPSA) is 70.2 Å². The van der Waals surface area contributed by atoms with Crippen LogP contribution < -0.4 is 0 Å². The number of aromatic amines is 1. The van der Waals surface area contributed by atoms with Crippen LogP contribution in [0.2, 0.25) is 0 Å². The van der Waals surface area contributed by atoms with E-state index in [1.807, 2.05) is 68.4 Å². The summed E-state index contributed by atoms with van der Waals surface area (Å²) < 4.78 is 32.8. The normalized spacial score (nSPS) is 14.7. The molecule has 0 amide bonds. The average molecular weight is 329 g/mol. The number of aromatic nitrogens is 1. The summed E-state index contributed by atoms with van der Waals surface area (Å²) in [4.78, 5) is 3.35. The molecule has 0 radical (unpaired) electrons. The largest absolute Gasteiger partial charge is 0.357 e. The van der Waals surface area contributed by atoms with Crippen LogP contribution in [0.15, 0.2) is 54.6 Å². The number of benzene rings is 2. The van der Waals surface area contributed by atoms with Crippen LogP contribution in [0.4, 0.5) is 0 Å². The summed E-state index contributed by atoms with van der Waals surface area (Å²) in [7, 11) is -4.15. The molecule has 0 bridgehead atoms. The lowest BCUT2D eigenvalue weighted by Crippen LogP contribution is -2.33. The predicted octanol–water partition coefficient (Wildman–Crippen LogP) is 3.67. The number of para-hydroxylation sites is 1. The van der Waals surface area contributed by atoms with Gasteiger partial charge in [0, 0.05) is 22.0 Å². The van der Waals surface area contributed by atoms with Crippen molar-refractivity contribution in [3.05, 3.63) is 71.4 Å². The first-order valence-corrected chi connectivity index (χ1v) is 9.01. The molecule has 5 heteroatoms. The molecule has 1 atom stereocenters. The van der Waals surface area contributed by atoms with Gasteiger partial charge in [-0.2, -0.15) is 8.42 Å². The number of fused-ring (bicyclic) bond motifs is 1. The van der Waals surface area contributed by atoms with Crippen molar-refractivity contribution < 1.29 is 13.0 Å². The zero-order chi connectivity index (χ0) is 16.7. The molecule has 3 aromatic rings. The van der Waals surface area contributed by atoms with E-state index in [9.17, 15) is 13.0 Å². The second-order valence-corrected chi connectivity index (χ2v) is 7.55. The minimum absolute atomic E-state index is 0.377. The first kappa shape index (κ1) is 15.8. The van der Waals surface area contributed by atoms with E-state index >= 15 is 0 Å². The Hall–Kier alpha value is -2.11. The minimum atomic E-state index is -4.15. The number of rotatable bonds is 4. The second kappa shape index (κ2) is 5.51. The Bertz CT molecular complexity index is 945. The maximum absolute atomic E-state index is 11.7. The second-order valence-electron chi connectivity index (χ2n) is 6.09. The van der Waals surface area contributed by atoms with Gasteiger partial charge in [-0.3, -0.25) is 4.55 Å². The molecule has 4 nitrogen and oxygen atoms in total. The fourth-order valence-electron chi connectivity index (χ4n) is 3.30. The summed E-state index contributed by atoms with van der Waals surface area (Å²) >= 11 is 0. The van der Waals surface area contributed by atoms with Gasteiger partial charge in [-0.15, -0.1) is 0 Å². The number of hydrogen-bond donors (Lipinski definition) is 2. The lowest BCUT2D eigenvalue weighted by molar-refractivity contribution is 0.465. The van der Waals surface area contributed by atoms with E-state index in [4.69, 9.17) is 0 Å². The highest BCUT2D eigenvalue weighted by Gasteiger charge is 2.36. The zero-order valence-electron chi connectivity index (χ0n) is 13.1. The molecule has 120 valence electrons. The lowest BCUT2D eigenvalue weighted by Gasteiger charge is -2.29. The summed E-state index contributed by atoms with van der Waals surface area (Å²) in [6.45, 7) is 3.81. The van der Waals surface area contributed by atoms with Crippen molar-refractivity contribution in [1.82, 2.24) is 4.98 Å². The lowest BCUT2D eigenvalue weighted by atomic mass is 9.79. The van der Waals surface area contributed by atoms with E-state index in [0.717, 1.165) is 27.7 Å². The molecule has 0 saturated heterocycles. The van der Waals surface area contributed by atoms with E-state index in [2.05, 4.69) is 4.98 Å². The molecule has 3 rings (SSSR count). The van der Waals surface area contributed by atoms with Crippen LogP contribution in [0.3, 0.4) is 0 Å². The fourth-order valence-corrected chi connectivity index (χ4v) is 4.35. The predicted molar refractivity (Wildman–Crippen MR) is 92.3 cm³/mol. The van der Waals surface area contributed by atoms with Crippen LogP contribution in [0.1, 0.15) is 23.7 Å². The number of hydrogen-bond acceptors (Lipinski definition) is 2. The Morgan fingerprint density at radius 3 is 2.26 bits per heavy atom. The Morgan fingerprint density at radius 1 is 1.04 bits per heavy atom. The first-order valence-electron chi connectivity index (χ1n) is 7.40. The van der Waals surface area contributed by atoms with Crippen molar-refractivity contribution >= 4 is 21.0 Å². The monoisotopic (exact) mass is 329 g/mol. The van der Waals surface area contributed by atoms with Crippen molar-refractivity contribution in [2.24, 2.45) is 0 Å². The summed E-state index contributed by atoms with van der Waals surface area (Å²) in [6.07, 6.45) is 0. The zero-order valence-corrected chi connectivity index (χ0v) is 13.9. The van der Waals surface area contributed by atoms with Crippen molar-refractivity contribution in [3.63, 3.8) is 0 Å². The molecule has 1 unspecified atom stereocenters. The molecule has 2 aromatic carbocycles. The maximum atomic E-state index is 11.7. The molecule has 0 aliphatic carbocycles. The third kappa shape index (κ3) is 2.90. The van der Waals surface area contributed by atoms with Gasteiger partial charge in [-0.25, -0.2) is 0 Å². The molecule has 1 heterocycles. The molecule has 0 aliphatic heterocycles. The SMILES string of the molecule is Cc1c(C(C)(CS(=O)(=O)O)c2ccccc2)[nH]c2ccccc12. The molecule has 0 aliphatic rings. The highest BCUT2D eigenvalue weighted by Crippen LogP contribution is 2.37. The summed E-state index contributed by atoms with van der Waals surface area (Å²) in [5.41, 5.74) is 2.74. The van der Waals surface area contributed by atoms with Gasteiger partial charge in [0.25, 0.3) is 10.1 Å². The Kier molecular flexibility index (Phi) is 3.78. The van der Waals surface area contributed by atoms with Gasteiger partial charge in [-0.05, 0) is 31.0 Å². The highest BCUT2D eigenvalue weighted by atomic mass is 32.2. The van der Waals surface area contributed by atoms with E-state index in [-0.39, 0.29) is 5.75 Å². The molecule has 0 fully saturated rings. The summed E-state index contributed by atoms with van der Waals surface area (Å²) in [6, 6.07) is 17.3. The van der Waals surface area contributed by atoms with Crippen LogP contribution in [0, 0.1) is 6.92 Å². The Labute approximate surface area is 135 Å². The average Bonchev–Trinajstić information content (AvgIpc) is 2.85. The van der Waals surface area contributed by atoms with Crippen molar-refractivity contribution in [2.45, 2.75) is 19.3 Å². The summed E-state index contributed by atoms with van der Waals surface area (Å²) in [5, 5.41) is 1.06. The van der Waals surface area contributed by atoms with Gasteiger partial charge in [0.05, 0.1) is 5.75 Å². The van der Waals surface area contributed by atoms with E-state index in [1.54, 1.807) is 0 Å². The number of nitrogens with one attached hydrogen (secondary N) is 1. The van der Waals surface area contributed by atoms with Crippen molar-refractivity contribution in [1.29, 1.82) is 0 Å². The Morgan fingerprint density at radius 2 is 1.65 bits per heavy atom. The van der Waals surface area contributed by atoms with Crippen LogP contribution in [-0.4, -0.2) is 23.7 Å². The van der Waals surface area contributed by atoms with Crippen molar-refractivity contribution in [3.8, 4) is 0 Å². The third-order valence-electron chi connectivity index (χ3n) is 4.40. The smallest absolute Gasteiger partial charge is 0.266 e. The van der Waals surface area contributed by atoms with E-state index in [0.29, 0.717) is 0 Å². The standard InChI is InChI=1S/C18H19NO3S/c1-13-15-10-6-7-11-16(15)19-17(13)18(2,12-23(20,21)22)14-8-4-3-5-9-14/h3-11,19H,12H2,1-2H3,(H,20,21,22). The molecule has 0 saturated carbocycles. The maximum Gasteiger partial charge on any atom is 0.266 e. The quantitative estimate of drug-likeness (QED) is 0.718. The van der Waals surface area contributed by atoms with Crippen LogP contribution in [0.5, 0.6) is 0 Å². The fraction of sp³-hybridized carbons (Fsp3) is 0.222. The molecule has 0 spiro atoms. The molecular weight excluding hydrogens is 310 g/mol. The van der Waals surface area contributed by atoms with Crippen LogP contribution in [0.25, 0.3) is 10.9 Å². The first-order chi connectivity index (χ1) is 10.8. The highest BCUT2D eigenvalue weighted by molar-refractivity contribution is 7.85. The van der Waals surface area contributed by atoms with Gasteiger partial charge in [0.15, 0.2) is 0 Å². The molecule has 1 aromatic heterocycles.